The average Bonchev–Trinajstić information content (AvgIpc) is 3.04. The number of amides is 1. The fourth-order valence-electron chi connectivity index (χ4n) is 4.21. The van der Waals surface area contributed by atoms with Crippen LogP contribution in [-0.4, -0.2) is 47.9 Å². The van der Waals surface area contributed by atoms with Crippen molar-refractivity contribution < 1.29 is 32.2 Å². The third-order valence-corrected chi connectivity index (χ3v) is 8.55. The SMILES string of the molecule is CCOc1cc(/C=N\NC(=O)CN(c2cc(OC)ccc2OC)S(=O)(=O)c2ccc(C)cc2)ccc1OCc1ccc(Cl)cc1. The summed E-state index contributed by atoms with van der Waals surface area (Å²) in [6, 6.07) is 23.6. The van der Waals surface area contributed by atoms with Crippen molar-refractivity contribution in [1.82, 2.24) is 5.43 Å². The lowest BCUT2D eigenvalue weighted by atomic mass is 10.2. The van der Waals surface area contributed by atoms with E-state index in [9.17, 15) is 13.2 Å². The first kappa shape index (κ1) is 33.2. The van der Waals surface area contributed by atoms with Crippen LogP contribution < -0.4 is 28.7 Å². The van der Waals surface area contributed by atoms with E-state index >= 15 is 0 Å². The maximum absolute atomic E-state index is 13.8. The Hall–Kier alpha value is -4.74. The molecule has 0 aromatic heterocycles. The summed E-state index contributed by atoms with van der Waals surface area (Å²) >= 11 is 5.96. The van der Waals surface area contributed by atoms with Gasteiger partial charge in [0.1, 0.15) is 24.7 Å². The Kier molecular flexibility index (Phi) is 11.3. The molecule has 1 amide bonds. The largest absolute Gasteiger partial charge is 0.497 e. The highest BCUT2D eigenvalue weighted by Crippen LogP contribution is 2.35. The number of ether oxygens (including phenoxy) is 4. The van der Waals surface area contributed by atoms with Crippen LogP contribution in [0, 0.1) is 6.92 Å². The van der Waals surface area contributed by atoms with E-state index in [-0.39, 0.29) is 16.3 Å². The third-order valence-electron chi connectivity index (χ3n) is 6.53. The number of hydrogen-bond acceptors (Lipinski definition) is 8. The van der Waals surface area contributed by atoms with Crippen molar-refractivity contribution in [3.05, 3.63) is 107 Å². The predicted octanol–water partition coefficient (Wildman–Crippen LogP) is 5.99. The summed E-state index contributed by atoms with van der Waals surface area (Å²) in [7, 11) is -1.32. The monoisotopic (exact) mass is 651 g/mol. The van der Waals surface area contributed by atoms with Gasteiger partial charge in [0.25, 0.3) is 15.9 Å². The normalized spacial score (nSPS) is 11.2. The topological polar surface area (TPSA) is 116 Å². The van der Waals surface area contributed by atoms with E-state index in [1.807, 2.05) is 26.0 Å². The van der Waals surface area contributed by atoms with Gasteiger partial charge in [-0.15, -0.1) is 0 Å². The summed E-state index contributed by atoms with van der Waals surface area (Å²) in [6.45, 7) is 3.86. The lowest BCUT2D eigenvalue weighted by Crippen LogP contribution is -2.39. The number of aryl methyl sites for hydroxylation is 1. The van der Waals surface area contributed by atoms with E-state index in [1.54, 1.807) is 54.6 Å². The van der Waals surface area contributed by atoms with Crippen molar-refractivity contribution in [1.29, 1.82) is 0 Å². The second-order valence-electron chi connectivity index (χ2n) is 9.71. The molecule has 0 saturated carbocycles. The highest BCUT2D eigenvalue weighted by Gasteiger charge is 2.30. The molecule has 1 N–H and O–H groups in total. The quantitative estimate of drug-likeness (QED) is 0.132. The number of nitrogens with zero attached hydrogens (tertiary/aromatic N) is 2. The van der Waals surface area contributed by atoms with Gasteiger partial charge in [0, 0.05) is 11.1 Å². The Morgan fingerprint density at radius 2 is 1.60 bits per heavy atom. The molecule has 0 unspecified atom stereocenters. The average molecular weight is 652 g/mol. The van der Waals surface area contributed by atoms with Gasteiger partial charge in [-0.1, -0.05) is 41.4 Å². The molecular formula is C33H34ClN3O7S. The van der Waals surface area contributed by atoms with Gasteiger partial charge in [-0.05, 0) is 79.6 Å². The molecule has 0 atom stereocenters. The van der Waals surface area contributed by atoms with Gasteiger partial charge in [-0.2, -0.15) is 5.10 Å². The van der Waals surface area contributed by atoms with E-state index in [0.29, 0.717) is 41.0 Å². The van der Waals surface area contributed by atoms with Gasteiger partial charge in [-0.25, -0.2) is 13.8 Å². The number of benzene rings is 4. The fourth-order valence-corrected chi connectivity index (χ4v) is 5.76. The van der Waals surface area contributed by atoms with Crippen LogP contribution in [-0.2, 0) is 21.4 Å². The Morgan fingerprint density at radius 1 is 0.889 bits per heavy atom. The zero-order valence-corrected chi connectivity index (χ0v) is 26.9. The molecule has 0 aliphatic heterocycles. The van der Waals surface area contributed by atoms with Gasteiger partial charge in [-0.3, -0.25) is 9.10 Å². The van der Waals surface area contributed by atoms with Crippen molar-refractivity contribution in [2.24, 2.45) is 5.10 Å². The molecule has 0 heterocycles. The Bertz CT molecular complexity index is 1750. The molecule has 0 saturated heterocycles. The summed E-state index contributed by atoms with van der Waals surface area (Å²) in [5.74, 6) is 0.989. The Morgan fingerprint density at radius 3 is 2.27 bits per heavy atom. The first-order valence-corrected chi connectivity index (χ1v) is 15.7. The minimum Gasteiger partial charge on any atom is -0.497 e. The maximum Gasteiger partial charge on any atom is 0.264 e. The van der Waals surface area contributed by atoms with Crippen LogP contribution in [0.2, 0.25) is 5.02 Å². The zero-order valence-electron chi connectivity index (χ0n) is 25.3. The van der Waals surface area contributed by atoms with Crippen LogP contribution in [0.15, 0.2) is 94.9 Å². The first-order chi connectivity index (χ1) is 21.6. The number of halogens is 1. The van der Waals surface area contributed by atoms with E-state index in [0.717, 1.165) is 15.4 Å². The highest BCUT2D eigenvalue weighted by molar-refractivity contribution is 7.92. The molecular weight excluding hydrogens is 618 g/mol. The van der Waals surface area contributed by atoms with Crippen molar-refractivity contribution in [2.45, 2.75) is 25.3 Å². The lowest BCUT2D eigenvalue weighted by molar-refractivity contribution is -0.119. The molecule has 0 aliphatic carbocycles. The second-order valence-corrected chi connectivity index (χ2v) is 12.0. The molecule has 0 bridgehead atoms. The molecule has 4 rings (SSSR count). The number of carbonyl (C=O) groups excluding carboxylic acids is 1. The molecule has 45 heavy (non-hydrogen) atoms. The molecule has 4 aromatic rings. The van der Waals surface area contributed by atoms with Gasteiger partial charge in [0.15, 0.2) is 11.5 Å². The number of sulfonamides is 1. The minimum atomic E-state index is -4.20. The Balaban J connectivity index is 1.53. The molecule has 10 nitrogen and oxygen atoms in total. The van der Waals surface area contributed by atoms with Crippen LogP contribution in [0.3, 0.4) is 0 Å². The molecule has 236 valence electrons. The minimum absolute atomic E-state index is 0.0103. The summed E-state index contributed by atoms with van der Waals surface area (Å²) < 4.78 is 51.0. The van der Waals surface area contributed by atoms with Gasteiger partial charge >= 0.3 is 0 Å². The first-order valence-electron chi connectivity index (χ1n) is 13.9. The lowest BCUT2D eigenvalue weighted by Gasteiger charge is -2.25. The van der Waals surface area contributed by atoms with Crippen molar-refractivity contribution in [3.8, 4) is 23.0 Å². The number of hydrazone groups is 1. The predicted molar refractivity (Wildman–Crippen MR) is 174 cm³/mol. The van der Waals surface area contributed by atoms with Crippen LogP contribution >= 0.6 is 11.6 Å². The smallest absolute Gasteiger partial charge is 0.264 e. The van der Waals surface area contributed by atoms with Gasteiger partial charge in [0.05, 0.1) is 37.6 Å². The second kappa shape index (κ2) is 15.3. The third kappa shape index (κ3) is 8.68. The van der Waals surface area contributed by atoms with Crippen LogP contribution in [0.1, 0.15) is 23.6 Å². The molecule has 4 aromatic carbocycles. The summed E-state index contributed by atoms with van der Waals surface area (Å²) in [4.78, 5) is 13.1. The van der Waals surface area contributed by atoms with E-state index in [4.69, 9.17) is 30.5 Å². The fraction of sp³-hybridized carbons (Fsp3) is 0.212. The van der Waals surface area contributed by atoms with Crippen LogP contribution in [0.25, 0.3) is 0 Å². The van der Waals surface area contributed by atoms with Crippen LogP contribution in [0.4, 0.5) is 5.69 Å². The molecule has 0 spiro atoms. The number of carbonyl (C=O) groups is 1. The van der Waals surface area contributed by atoms with Gasteiger partial charge < -0.3 is 18.9 Å². The number of anilines is 1. The van der Waals surface area contributed by atoms with Crippen LogP contribution in [0.5, 0.6) is 23.0 Å². The van der Waals surface area contributed by atoms with E-state index in [1.165, 1.54) is 38.6 Å². The summed E-state index contributed by atoms with van der Waals surface area (Å²) in [5, 5.41) is 4.70. The van der Waals surface area contributed by atoms with E-state index in [2.05, 4.69) is 10.5 Å². The zero-order chi connectivity index (χ0) is 32.4. The van der Waals surface area contributed by atoms with Crippen molar-refractivity contribution in [3.63, 3.8) is 0 Å². The molecule has 0 fully saturated rings. The van der Waals surface area contributed by atoms with E-state index < -0.39 is 22.5 Å². The maximum atomic E-state index is 13.8. The number of nitrogens with one attached hydrogen (secondary N) is 1. The Labute approximate surface area is 268 Å². The molecule has 0 aliphatic rings. The van der Waals surface area contributed by atoms with Crippen molar-refractivity contribution in [2.75, 3.05) is 31.7 Å². The van der Waals surface area contributed by atoms with Gasteiger partial charge in [0.2, 0.25) is 0 Å². The summed E-state index contributed by atoms with van der Waals surface area (Å²) in [5.41, 5.74) is 5.00. The van der Waals surface area contributed by atoms with Crippen molar-refractivity contribution >= 4 is 39.4 Å². The number of hydrogen-bond donors (Lipinski definition) is 1. The molecule has 0 radical (unpaired) electrons. The number of methoxy groups -OCH3 is 2. The number of rotatable bonds is 14. The highest BCUT2D eigenvalue weighted by atomic mass is 35.5. The summed E-state index contributed by atoms with van der Waals surface area (Å²) in [6.07, 6.45) is 1.42. The molecule has 12 heteroatoms. The standard InChI is InChI=1S/C33H34ClN3O7S/c1-5-43-32-18-25(10-16-31(32)44-22-24-8-11-26(34)12-9-24)20-35-36-33(38)21-37(29-19-27(41-3)13-17-30(29)42-4)45(39,40)28-14-6-23(2)7-15-28/h6-20H,5,21-22H2,1-4H3,(H,36,38)/b35-20-.